The Morgan fingerprint density at radius 2 is 1.85 bits per heavy atom. The molecule has 0 radical (unpaired) electrons. The molecule has 0 atom stereocenters. The number of rotatable bonds is 6. The van der Waals surface area contributed by atoms with Gasteiger partial charge in [0, 0.05) is 32.6 Å². The van der Waals surface area contributed by atoms with Crippen LogP contribution in [0.3, 0.4) is 0 Å². The highest BCUT2D eigenvalue weighted by Gasteiger charge is 2.30. The first-order valence-electron chi connectivity index (χ1n) is 11.6. The summed E-state index contributed by atoms with van der Waals surface area (Å²) in [6.45, 7) is 4.29. The Morgan fingerprint density at radius 1 is 1.09 bits per heavy atom. The summed E-state index contributed by atoms with van der Waals surface area (Å²) in [5.41, 5.74) is 2.40. The van der Waals surface area contributed by atoms with Crippen molar-refractivity contribution in [3.63, 3.8) is 0 Å². The SMILES string of the molecule is CCn1c(C2CCN(C(=O)c3cc(-c4cccs4)nn3C)CC2)nn(Cc2ccccc2)c1=O. The second-order valence-electron chi connectivity index (χ2n) is 8.61. The number of hydrogen-bond acceptors (Lipinski definition) is 5. The van der Waals surface area contributed by atoms with Crippen LogP contribution >= 0.6 is 11.3 Å². The molecule has 0 spiro atoms. The maximum absolute atomic E-state index is 13.2. The first kappa shape index (κ1) is 22.3. The summed E-state index contributed by atoms with van der Waals surface area (Å²) in [5, 5.41) is 11.3. The third kappa shape index (κ3) is 4.23. The van der Waals surface area contributed by atoms with Crippen LogP contribution < -0.4 is 5.69 Å². The molecule has 1 aliphatic rings. The van der Waals surface area contributed by atoms with E-state index in [1.807, 2.05) is 72.8 Å². The van der Waals surface area contributed by atoms with Crippen molar-refractivity contribution in [1.82, 2.24) is 29.0 Å². The van der Waals surface area contributed by atoms with Crippen LogP contribution in [0.2, 0.25) is 0 Å². The highest BCUT2D eigenvalue weighted by Crippen LogP contribution is 2.28. The molecule has 4 aromatic rings. The number of piperidine rings is 1. The van der Waals surface area contributed by atoms with Crippen LogP contribution in [0.4, 0.5) is 0 Å². The van der Waals surface area contributed by atoms with E-state index in [-0.39, 0.29) is 17.5 Å². The minimum atomic E-state index is -0.0733. The van der Waals surface area contributed by atoms with Crippen LogP contribution in [0.1, 0.15) is 47.6 Å². The Hall–Kier alpha value is -3.46. The number of amides is 1. The molecule has 9 heteroatoms. The first-order chi connectivity index (χ1) is 16.5. The molecule has 0 unspecified atom stereocenters. The Morgan fingerprint density at radius 3 is 2.53 bits per heavy atom. The summed E-state index contributed by atoms with van der Waals surface area (Å²) in [5.74, 6) is 0.983. The largest absolute Gasteiger partial charge is 0.346 e. The van der Waals surface area contributed by atoms with Crippen LogP contribution in [0.5, 0.6) is 0 Å². The lowest BCUT2D eigenvalue weighted by Crippen LogP contribution is -2.39. The molecule has 4 heterocycles. The number of likely N-dealkylation sites (tertiary alicyclic amines) is 1. The van der Waals surface area contributed by atoms with Crippen molar-refractivity contribution >= 4 is 17.2 Å². The summed E-state index contributed by atoms with van der Waals surface area (Å²) < 4.78 is 5.01. The molecule has 176 valence electrons. The average Bonchev–Trinajstić information content (AvgIpc) is 3.59. The van der Waals surface area contributed by atoms with Crippen molar-refractivity contribution in [2.45, 2.75) is 38.8 Å². The van der Waals surface area contributed by atoms with Gasteiger partial charge in [0.15, 0.2) is 0 Å². The molecule has 34 heavy (non-hydrogen) atoms. The molecule has 0 saturated carbocycles. The van der Waals surface area contributed by atoms with Crippen molar-refractivity contribution in [1.29, 1.82) is 0 Å². The number of benzene rings is 1. The number of thiophene rings is 1. The molecule has 1 aromatic carbocycles. The Labute approximate surface area is 202 Å². The molecule has 0 bridgehead atoms. The van der Waals surface area contributed by atoms with E-state index < -0.39 is 0 Å². The van der Waals surface area contributed by atoms with Gasteiger partial charge in [-0.1, -0.05) is 36.4 Å². The van der Waals surface area contributed by atoms with Gasteiger partial charge in [0.25, 0.3) is 5.91 Å². The summed E-state index contributed by atoms with van der Waals surface area (Å²) in [7, 11) is 1.82. The molecule has 0 N–H and O–H groups in total. The van der Waals surface area contributed by atoms with E-state index in [0.29, 0.717) is 31.9 Å². The van der Waals surface area contributed by atoms with E-state index in [1.54, 1.807) is 25.3 Å². The van der Waals surface area contributed by atoms with Gasteiger partial charge in [0.1, 0.15) is 17.2 Å². The fraction of sp³-hybridized carbons (Fsp3) is 0.360. The van der Waals surface area contributed by atoms with Gasteiger partial charge in [-0.15, -0.1) is 11.3 Å². The van der Waals surface area contributed by atoms with Crippen LogP contribution in [0.25, 0.3) is 10.6 Å². The van der Waals surface area contributed by atoms with E-state index >= 15 is 0 Å². The highest BCUT2D eigenvalue weighted by molar-refractivity contribution is 7.13. The predicted molar refractivity (Wildman–Crippen MR) is 132 cm³/mol. The second kappa shape index (κ2) is 9.42. The van der Waals surface area contributed by atoms with Crippen LogP contribution in [-0.2, 0) is 20.1 Å². The molecule has 5 rings (SSSR count). The second-order valence-corrected chi connectivity index (χ2v) is 9.56. The van der Waals surface area contributed by atoms with Gasteiger partial charge in [0.05, 0.1) is 11.4 Å². The van der Waals surface area contributed by atoms with E-state index in [2.05, 4.69) is 5.10 Å². The Kier molecular flexibility index (Phi) is 6.19. The molecule has 1 fully saturated rings. The lowest BCUT2D eigenvalue weighted by molar-refractivity contribution is 0.0699. The number of aryl methyl sites for hydroxylation is 1. The van der Waals surface area contributed by atoms with Gasteiger partial charge in [-0.25, -0.2) is 9.48 Å². The number of hydrogen-bond donors (Lipinski definition) is 0. The smallest absolute Gasteiger partial charge is 0.337 e. The number of nitrogens with zero attached hydrogens (tertiary/aromatic N) is 6. The zero-order valence-electron chi connectivity index (χ0n) is 19.4. The van der Waals surface area contributed by atoms with Crippen molar-refractivity contribution in [2.75, 3.05) is 13.1 Å². The number of carbonyl (C=O) groups is 1. The zero-order chi connectivity index (χ0) is 23.7. The van der Waals surface area contributed by atoms with Crippen LogP contribution in [0.15, 0.2) is 58.7 Å². The van der Waals surface area contributed by atoms with Gasteiger partial charge >= 0.3 is 5.69 Å². The van der Waals surface area contributed by atoms with Gasteiger partial charge in [0.2, 0.25) is 0 Å². The Balaban J connectivity index is 1.29. The molecule has 1 aliphatic heterocycles. The third-order valence-corrected chi connectivity index (χ3v) is 7.36. The van der Waals surface area contributed by atoms with Crippen molar-refractivity contribution in [2.24, 2.45) is 7.05 Å². The summed E-state index contributed by atoms with van der Waals surface area (Å²) in [6.07, 6.45) is 1.56. The number of aromatic nitrogens is 5. The van der Waals surface area contributed by atoms with E-state index in [9.17, 15) is 9.59 Å². The maximum Gasteiger partial charge on any atom is 0.346 e. The molecule has 8 nitrogen and oxygen atoms in total. The Bertz CT molecular complexity index is 1330. The summed E-state index contributed by atoms with van der Waals surface area (Å²) in [4.78, 5) is 29.1. The molecule has 3 aromatic heterocycles. The fourth-order valence-corrected chi connectivity index (χ4v) is 5.31. The van der Waals surface area contributed by atoms with Gasteiger partial charge in [-0.05, 0) is 42.8 Å². The molecular formula is C25H28N6O2S. The minimum Gasteiger partial charge on any atom is -0.337 e. The van der Waals surface area contributed by atoms with Crippen LogP contribution in [-0.4, -0.2) is 48.0 Å². The zero-order valence-corrected chi connectivity index (χ0v) is 20.2. The van der Waals surface area contributed by atoms with Gasteiger partial charge in [-0.3, -0.25) is 14.0 Å². The summed E-state index contributed by atoms with van der Waals surface area (Å²) >= 11 is 1.61. The minimum absolute atomic E-state index is 0.00116. The lowest BCUT2D eigenvalue weighted by atomic mass is 9.95. The quantitative estimate of drug-likeness (QED) is 0.426. The number of carbonyl (C=O) groups excluding carboxylic acids is 1. The maximum atomic E-state index is 13.2. The molecule has 1 amide bonds. The monoisotopic (exact) mass is 476 g/mol. The standard InChI is InChI=1S/C25H28N6O2S/c1-3-30-23(27-31(25(30)33)17-18-8-5-4-6-9-18)19-11-13-29(14-12-19)24(32)21-16-20(26-28(21)2)22-10-7-15-34-22/h4-10,15-16,19H,3,11-14,17H2,1-2H3. The predicted octanol–water partition coefficient (Wildman–Crippen LogP) is 3.59. The third-order valence-electron chi connectivity index (χ3n) is 6.46. The van der Waals surface area contributed by atoms with E-state index in [0.717, 1.165) is 34.8 Å². The molecular weight excluding hydrogens is 448 g/mol. The average molecular weight is 477 g/mol. The highest BCUT2D eigenvalue weighted by atomic mass is 32.1. The van der Waals surface area contributed by atoms with Crippen molar-refractivity contribution in [3.05, 3.63) is 81.5 Å². The first-order valence-corrected chi connectivity index (χ1v) is 12.5. The lowest BCUT2D eigenvalue weighted by Gasteiger charge is -2.31. The fourth-order valence-electron chi connectivity index (χ4n) is 4.63. The molecule has 0 aliphatic carbocycles. The van der Waals surface area contributed by atoms with Gasteiger partial charge < -0.3 is 4.90 Å². The van der Waals surface area contributed by atoms with Crippen LogP contribution in [0, 0.1) is 0 Å². The van der Waals surface area contributed by atoms with Gasteiger partial charge in [-0.2, -0.15) is 10.2 Å². The summed E-state index contributed by atoms with van der Waals surface area (Å²) in [6, 6.07) is 15.8. The van der Waals surface area contributed by atoms with E-state index in [4.69, 9.17) is 5.10 Å². The molecule has 1 saturated heterocycles. The van der Waals surface area contributed by atoms with Crippen molar-refractivity contribution < 1.29 is 4.79 Å². The topological polar surface area (TPSA) is 78.0 Å². The van der Waals surface area contributed by atoms with Crippen molar-refractivity contribution in [3.8, 4) is 10.6 Å². The van der Waals surface area contributed by atoms with E-state index in [1.165, 1.54) is 0 Å². The normalized spacial score (nSPS) is 14.6.